The molecule has 6 nitrogen and oxygen atoms in total. The number of carbonyl (C=O) groups excluding carboxylic acids is 1. The van der Waals surface area contributed by atoms with Crippen molar-refractivity contribution in [3.8, 4) is 5.75 Å². The Balaban J connectivity index is 1.60. The van der Waals surface area contributed by atoms with Gasteiger partial charge in [-0.15, -0.1) is 0 Å². The SMILES string of the molecule is NC1=NC2(c3cc(NC(=O)c4ccc(OCF)cn4)ccc3F)CCCC2CS1. The number of rotatable bonds is 5. The van der Waals surface area contributed by atoms with Crippen LogP contribution in [0.2, 0.25) is 0 Å². The predicted octanol–water partition coefficient (Wildman–Crippen LogP) is 3.84. The van der Waals surface area contributed by atoms with E-state index in [0.717, 1.165) is 25.0 Å². The van der Waals surface area contributed by atoms with Crippen LogP contribution in [0.3, 0.4) is 0 Å². The fourth-order valence-corrected chi connectivity index (χ4v) is 5.09. The lowest BCUT2D eigenvalue weighted by atomic mass is 9.81. The number of carbonyl (C=O) groups is 1. The van der Waals surface area contributed by atoms with Crippen molar-refractivity contribution in [3.05, 3.63) is 53.6 Å². The highest BCUT2D eigenvalue weighted by Crippen LogP contribution is 2.51. The largest absolute Gasteiger partial charge is 0.461 e. The molecule has 2 heterocycles. The van der Waals surface area contributed by atoms with Crippen LogP contribution in [0.1, 0.15) is 35.3 Å². The lowest BCUT2D eigenvalue weighted by Crippen LogP contribution is -2.37. The van der Waals surface area contributed by atoms with Crippen molar-refractivity contribution in [2.45, 2.75) is 24.8 Å². The summed E-state index contributed by atoms with van der Waals surface area (Å²) in [4.78, 5) is 21.1. The number of aromatic nitrogens is 1. The standard InChI is InChI=1S/C20H20F2N4O2S/c21-11-28-14-4-6-17(24-9-14)18(27)25-13-3-5-16(22)15(8-13)20-7-1-2-12(20)10-29-19(23)26-20/h3-6,8-9,12H,1-2,7,10-11H2,(H2,23,26)(H,25,27). The Hall–Kier alpha value is -2.68. The monoisotopic (exact) mass is 418 g/mol. The minimum Gasteiger partial charge on any atom is -0.461 e. The second kappa shape index (κ2) is 7.98. The molecule has 3 N–H and O–H groups in total. The number of alkyl halides is 1. The number of fused-ring (bicyclic) bond motifs is 1. The van der Waals surface area contributed by atoms with E-state index in [1.165, 1.54) is 42.2 Å². The topological polar surface area (TPSA) is 89.6 Å². The van der Waals surface area contributed by atoms with Crippen molar-refractivity contribution < 1.29 is 18.3 Å². The summed E-state index contributed by atoms with van der Waals surface area (Å²) in [5.41, 5.74) is 6.34. The number of thioether (sulfide) groups is 1. The van der Waals surface area contributed by atoms with E-state index in [1.807, 2.05) is 0 Å². The van der Waals surface area contributed by atoms with Crippen molar-refractivity contribution in [1.29, 1.82) is 0 Å². The average molecular weight is 418 g/mol. The van der Waals surface area contributed by atoms with Gasteiger partial charge in [-0.2, -0.15) is 0 Å². The maximum Gasteiger partial charge on any atom is 0.274 e. The minimum absolute atomic E-state index is 0.135. The third-order valence-electron chi connectivity index (χ3n) is 5.41. The van der Waals surface area contributed by atoms with E-state index in [0.29, 0.717) is 16.4 Å². The number of nitrogens with zero attached hydrogens (tertiary/aromatic N) is 2. The Morgan fingerprint density at radius 1 is 1.38 bits per heavy atom. The third-order valence-corrected chi connectivity index (χ3v) is 6.36. The normalized spacial score (nSPS) is 23.2. The van der Waals surface area contributed by atoms with Gasteiger partial charge in [-0.05, 0) is 49.1 Å². The molecule has 1 aromatic carbocycles. The molecule has 0 saturated heterocycles. The van der Waals surface area contributed by atoms with Crippen LogP contribution in [0, 0.1) is 11.7 Å². The van der Waals surface area contributed by atoms with Crippen molar-refractivity contribution in [1.82, 2.24) is 4.98 Å². The summed E-state index contributed by atoms with van der Waals surface area (Å²) >= 11 is 1.50. The van der Waals surface area contributed by atoms with Gasteiger partial charge in [0.05, 0.1) is 11.7 Å². The van der Waals surface area contributed by atoms with Crippen LogP contribution in [0.5, 0.6) is 5.75 Å². The van der Waals surface area contributed by atoms with Crippen molar-refractivity contribution >= 4 is 28.5 Å². The van der Waals surface area contributed by atoms with Gasteiger partial charge in [-0.3, -0.25) is 9.79 Å². The molecule has 1 saturated carbocycles. The Morgan fingerprint density at radius 3 is 3.00 bits per heavy atom. The highest BCUT2D eigenvalue weighted by atomic mass is 32.2. The van der Waals surface area contributed by atoms with E-state index in [-0.39, 0.29) is 23.2 Å². The quantitative estimate of drug-likeness (QED) is 0.770. The molecule has 1 amide bonds. The van der Waals surface area contributed by atoms with Crippen LogP contribution in [0.25, 0.3) is 0 Å². The molecule has 9 heteroatoms. The molecule has 0 spiro atoms. The predicted molar refractivity (Wildman–Crippen MR) is 108 cm³/mol. The van der Waals surface area contributed by atoms with Gasteiger partial charge in [-0.25, -0.2) is 13.8 Å². The molecule has 2 atom stereocenters. The number of nitrogens with one attached hydrogen (secondary N) is 1. The molecule has 1 aromatic heterocycles. The number of nitrogens with two attached hydrogens (primary N) is 1. The van der Waals surface area contributed by atoms with Crippen LogP contribution in [0.15, 0.2) is 41.5 Å². The average Bonchev–Trinajstić information content (AvgIpc) is 3.14. The van der Waals surface area contributed by atoms with Crippen molar-refractivity contribution in [3.63, 3.8) is 0 Å². The van der Waals surface area contributed by atoms with Crippen LogP contribution in [-0.4, -0.2) is 28.7 Å². The van der Waals surface area contributed by atoms with Gasteiger partial charge in [0.1, 0.15) is 17.3 Å². The first-order valence-electron chi connectivity index (χ1n) is 9.26. The molecule has 2 aromatic rings. The molecule has 152 valence electrons. The number of ether oxygens (including phenoxy) is 1. The van der Waals surface area contributed by atoms with Gasteiger partial charge in [0.25, 0.3) is 5.91 Å². The van der Waals surface area contributed by atoms with E-state index in [9.17, 15) is 13.6 Å². The summed E-state index contributed by atoms with van der Waals surface area (Å²) in [6.07, 6.45) is 3.92. The van der Waals surface area contributed by atoms with Crippen molar-refractivity contribution in [2.24, 2.45) is 16.6 Å². The lowest BCUT2D eigenvalue weighted by Gasteiger charge is -2.36. The summed E-state index contributed by atoms with van der Waals surface area (Å²) in [6.45, 7) is -0.972. The van der Waals surface area contributed by atoms with Gasteiger partial charge in [0, 0.05) is 17.0 Å². The molecule has 0 radical (unpaired) electrons. The second-order valence-corrected chi connectivity index (χ2v) is 8.10. The first kappa shape index (κ1) is 19.6. The van der Waals surface area contributed by atoms with Crippen LogP contribution in [0.4, 0.5) is 14.5 Å². The van der Waals surface area contributed by atoms with E-state index in [2.05, 4.69) is 20.0 Å². The Bertz CT molecular complexity index is 954. The molecule has 1 aliphatic carbocycles. The number of amidine groups is 1. The number of benzene rings is 1. The van der Waals surface area contributed by atoms with Crippen molar-refractivity contribution in [2.75, 3.05) is 17.9 Å². The molecule has 1 fully saturated rings. The van der Waals surface area contributed by atoms with E-state index in [4.69, 9.17) is 5.73 Å². The maximum absolute atomic E-state index is 14.8. The number of amides is 1. The van der Waals surface area contributed by atoms with Crippen LogP contribution in [-0.2, 0) is 5.54 Å². The number of aliphatic imine (C=N–C) groups is 1. The first-order chi connectivity index (χ1) is 14.0. The minimum atomic E-state index is -0.972. The molecular formula is C20H20F2N4O2S. The zero-order valence-corrected chi connectivity index (χ0v) is 16.3. The van der Waals surface area contributed by atoms with E-state index >= 15 is 0 Å². The summed E-state index contributed by atoms with van der Waals surface area (Å²) in [5, 5.41) is 3.21. The number of hydrogen-bond donors (Lipinski definition) is 2. The summed E-state index contributed by atoms with van der Waals surface area (Å²) in [6, 6.07) is 7.37. The molecule has 4 rings (SSSR count). The van der Waals surface area contributed by atoms with Crippen LogP contribution < -0.4 is 15.8 Å². The second-order valence-electron chi connectivity index (χ2n) is 7.06. The number of pyridine rings is 1. The lowest BCUT2D eigenvalue weighted by molar-refractivity contribution is 0.102. The van der Waals surface area contributed by atoms with Gasteiger partial charge in [0.15, 0.2) is 5.17 Å². The molecule has 2 aliphatic rings. The smallest absolute Gasteiger partial charge is 0.274 e. The van der Waals surface area contributed by atoms with Gasteiger partial charge < -0.3 is 15.8 Å². The summed E-state index contributed by atoms with van der Waals surface area (Å²) in [7, 11) is 0. The molecule has 2 unspecified atom stereocenters. The highest BCUT2D eigenvalue weighted by Gasteiger charge is 2.48. The summed E-state index contributed by atoms with van der Waals surface area (Å²) in [5.74, 6) is 0.430. The number of anilines is 1. The molecule has 0 bridgehead atoms. The van der Waals surface area contributed by atoms with Gasteiger partial charge >= 0.3 is 0 Å². The van der Waals surface area contributed by atoms with Crippen LogP contribution >= 0.6 is 11.8 Å². The Kier molecular flexibility index (Phi) is 5.40. The molecular weight excluding hydrogens is 398 g/mol. The van der Waals surface area contributed by atoms with E-state index < -0.39 is 18.3 Å². The zero-order valence-electron chi connectivity index (χ0n) is 15.5. The number of halogens is 2. The zero-order chi connectivity index (χ0) is 20.4. The third kappa shape index (κ3) is 3.78. The first-order valence-corrected chi connectivity index (χ1v) is 10.2. The Morgan fingerprint density at radius 2 is 2.24 bits per heavy atom. The fraction of sp³-hybridized carbons (Fsp3) is 0.350. The molecule has 1 aliphatic heterocycles. The Labute approximate surface area is 170 Å². The summed E-state index contributed by atoms with van der Waals surface area (Å²) < 4.78 is 31.7. The maximum atomic E-state index is 14.8. The van der Waals surface area contributed by atoms with E-state index in [1.54, 1.807) is 6.07 Å². The van der Waals surface area contributed by atoms with Gasteiger partial charge in [-0.1, -0.05) is 18.2 Å². The molecule has 29 heavy (non-hydrogen) atoms. The fourth-order valence-electron chi connectivity index (χ4n) is 4.05. The number of hydrogen-bond acceptors (Lipinski definition) is 6. The highest BCUT2D eigenvalue weighted by molar-refractivity contribution is 8.13. The van der Waals surface area contributed by atoms with Gasteiger partial charge in [0.2, 0.25) is 6.86 Å².